The van der Waals surface area contributed by atoms with E-state index < -0.39 is 16.4 Å². The van der Waals surface area contributed by atoms with Crippen LogP contribution in [0.4, 0.5) is 33.3 Å². The van der Waals surface area contributed by atoms with Gasteiger partial charge in [0.1, 0.15) is 5.82 Å². The summed E-state index contributed by atoms with van der Waals surface area (Å²) in [6.07, 6.45) is 0. The minimum atomic E-state index is -0.643. The second-order valence-electron chi connectivity index (χ2n) is 5.92. The van der Waals surface area contributed by atoms with E-state index in [2.05, 4.69) is 27.1 Å². The average Bonchev–Trinajstić information content (AvgIpc) is 2.61. The first-order valence-electron chi connectivity index (χ1n) is 8.29. The van der Waals surface area contributed by atoms with E-state index in [-0.39, 0.29) is 11.6 Å². The molecular formula is C16H20FN7O2. The lowest BCUT2D eigenvalue weighted by Gasteiger charge is -2.34. The van der Waals surface area contributed by atoms with Gasteiger partial charge in [0.05, 0.1) is 4.92 Å². The number of aromatic nitrogens is 2. The molecule has 0 radical (unpaired) electrons. The van der Waals surface area contributed by atoms with E-state index in [1.807, 2.05) is 4.90 Å². The highest BCUT2D eigenvalue weighted by Gasteiger charge is 2.26. The highest BCUT2D eigenvalue weighted by molar-refractivity contribution is 5.74. The fourth-order valence-electron chi connectivity index (χ4n) is 2.84. The third-order valence-electron chi connectivity index (χ3n) is 4.27. The quantitative estimate of drug-likeness (QED) is 0.614. The number of hydrogen-bond acceptors (Lipinski definition) is 8. The highest BCUT2D eigenvalue weighted by atomic mass is 19.1. The van der Waals surface area contributed by atoms with Crippen LogP contribution in [0.25, 0.3) is 0 Å². The Labute approximate surface area is 149 Å². The number of likely N-dealkylation sites (N-methyl/N-ethyl adjacent to an activating group) is 1. The van der Waals surface area contributed by atoms with Gasteiger partial charge in [-0.15, -0.1) is 0 Å². The summed E-state index contributed by atoms with van der Waals surface area (Å²) >= 11 is 0. The van der Waals surface area contributed by atoms with Crippen molar-refractivity contribution in [1.29, 1.82) is 0 Å². The number of hydrogen-bond donors (Lipinski definition) is 2. The van der Waals surface area contributed by atoms with Crippen molar-refractivity contribution in [2.24, 2.45) is 0 Å². The van der Waals surface area contributed by atoms with Crippen LogP contribution in [-0.2, 0) is 0 Å². The third kappa shape index (κ3) is 3.80. The van der Waals surface area contributed by atoms with Crippen LogP contribution in [0.3, 0.4) is 0 Å². The molecule has 1 fully saturated rings. The van der Waals surface area contributed by atoms with E-state index in [9.17, 15) is 14.5 Å². The van der Waals surface area contributed by atoms with Crippen molar-refractivity contribution < 1.29 is 9.31 Å². The van der Waals surface area contributed by atoms with Gasteiger partial charge in [0.2, 0.25) is 17.6 Å². The maximum atomic E-state index is 13.4. The van der Waals surface area contributed by atoms with Crippen LogP contribution < -0.4 is 16.0 Å². The van der Waals surface area contributed by atoms with E-state index in [0.717, 1.165) is 19.6 Å². The monoisotopic (exact) mass is 361 g/mol. The van der Waals surface area contributed by atoms with Crippen LogP contribution in [0.15, 0.2) is 24.3 Å². The van der Waals surface area contributed by atoms with E-state index in [1.165, 1.54) is 18.2 Å². The van der Waals surface area contributed by atoms with E-state index in [0.29, 0.717) is 24.7 Å². The number of piperazine rings is 1. The number of nitrogens with zero attached hydrogens (tertiary/aromatic N) is 5. The molecule has 3 rings (SSSR count). The van der Waals surface area contributed by atoms with Gasteiger partial charge in [0.15, 0.2) is 0 Å². The minimum Gasteiger partial charge on any atom is -0.378 e. The summed E-state index contributed by atoms with van der Waals surface area (Å²) in [6.45, 7) is 6.16. The molecule has 0 bridgehead atoms. The zero-order valence-electron chi connectivity index (χ0n) is 14.4. The molecule has 0 saturated carbocycles. The molecule has 1 aliphatic rings. The molecule has 3 N–H and O–H groups in total. The van der Waals surface area contributed by atoms with Crippen LogP contribution in [0.1, 0.15) is 6.92 Å². The Bertz CT molecular complexity index is 809. The van der Waals surface area contributed by atoms with Crippen molar-refractivity contribution in [3.63, 3.8) is 0 Å². The Kier molecular flexibility index (Phi) is 5.12. The molecular weight excluding hydrogens is 341 g/mol. The van der Waals surface area contributed by atoms with Gasteiger partial charge in [-0.1, -0.05) is 13.0 Å². The first kappa shape index (κ1) is 17.8. The van der Waals surface area contributed by atoms with Crippen molar-refractivity contribution >= 4 is 29.0 Å². The van der Waals surface area contributed by atoms with Gasteiger partial charge in [-0.3, -0.25) is 10.1 Å². The number of halogens is 1. The fourth-order valence-corrected chi connectivity index (χ4v) is 2.84. The van der Waals surface area contributed by atoms with E-state index in [1.54, 1.807) is 6.07 Å². The minimum absolute atomic E-state index is 0.0546. The van der Waals surface area contributed by atoms with Crippen molar-refractivity contribution in [1.82, 2.24) is 14.9 Å². The van der Waals surface area contributed by atoms with Crippen molar-refractivity contribution in [2.45, 2.75) is 6.92 Å². The smallest absolute Gasteiger partial charge is 0.353 e. The molecule has 0 spiro atoms. The van der Waals surface area contributed by atoms with Crippen LogP contribution in [-0.4, -0.2) is 52.5 Å². The van der Waals surface area contributed by atoms with Gasteiger partial charge >= 0.3 is 5.69 Å². The Morgan fingerprint density at radius 1 is 1.31 bits per heavy atom. The molecule has 1 saturated heterocycles. The maximum absolute atomic E-state index is 13.4. The number of nitrogens with two attached hydrogens (primary N) is 1. The number of nitrogens with one attached hydrogen (secondary N) is 1. The van der Waals surface area contributed by atoms with Crippen LogP contribution >= 0.6 is 0 Å². The average molecular weight is 361 g/mol. The zero-order valence-corrected chi connectivity index (χ0v) is 14.4. The first-order valence-corrected chi connectivity index (χ1v) is 8.29. The molecule has 9 nitrogen and oxygen atoms in total. The predicted octanol–water partition coefficient (Wildman–Crippen LogP) is 1.99. The van der Waals surface area contributed by atoms with Gasteiger partial charge in [0.25, 0.3) is 0 Å². The molecule has 1 aromatic carbocycles. The van der Waals surface area contributed by atoms with E-state index >= 15 is 0 Å². The molecule has 1 aromatic heterocycles. The molecule has 0 amide bonds. The largest absolute Gasteiger partial charge is 0.378 e. The Morgan fingerprint density at radius 2 is 2.04 bits per heavy atom. The fraction of sp³-hybridized carbons (Fsp3) is 0.375. The van der Waals surface area contributed by atoms with Crippen molar-refractivity contribution in [2.75, 3.05) is 48.7 Å². The van der Waals surface area contributed by atoms with Crippen molar-refractivity contribution in [3.05, 3.63) is 40.2 Å². The van der Waals surface area contributed by atoms with Crippen LogP contribution in [0.2, 0.25) is 0 Å². The summed E-state index contributed by atoms with van der Waals surface area (Å²) in [5, 5.41) is 14.2. The molecule has 26 heavy (non-hydrogen) atoms. The zero-order chi connectivity index (χ0) is 18.7. The summed E-state index contributed by atoms with van der Waals surface area (Å²) < 4.78 is 13.4. The Morgan fingerprint density at radius 3 is 2.65 bits per heavy atom. The number of rotatable bonds is 5. The second kappa shape index (κ2) is 7.48. The normalized spacial score (nSPS) is 15.1. The number of nitro groups is 1. The van der Waals surface area contributed by atoms with Crippen LogP contribution in [0.5, 0.6) is 0 Å². The summed E-state index contributed by atoms with van der Waals surface area (Å²) in [5.41, 5.74) is 5.74. The summed E-state index contributed by atoms with van der Waals surface area (Å²) in [4.78, 5) is 23.4. The summed E-state index contributed by atoms with van der Waals surface area (Å²) in [7, 11) is 0. The molecule has 2 heterocycles. The number of benzene rings is 1. The molecule has 138 valence electrons. The van der Waals surface area contributed by atoms with Gasteiger partial charge in [-0.25, -0.2) is 4.39 Å². The molecule has 10 heteroatoms. The lowest BCUT2D eigenvalue weighted by molar-refractivity contribution is -0.383. The highest BCUT2D eigenvalue weighted by Crippen LogP contribution is 2.32. The Hall–Kier alpha value is -3.01. The lowest BCUT2D eigenvalue weighted by Crippen LogP contribution is -2.46. The topological polar surface area (TPSA) is 113 Å². The number of nitrogen functional groups attached to an aromatic ring is 1. The summed E-state index contributed by atoms with van der Waals surface area (Å²) in [5.74, 6) is -0.420. The second-order valence-corrected chi connectivity index (χ2v) is 5.92. The molecule has 0 atom stereocenters. The van der Waals surface area contributed by atoms with Gasteiger partial charge in [-0.05, 0) is 24.7 Å². The maximum Gasteiger partial charge on any atom is 0.353 e. The van der Waals surface area contributed by atoms with Gasteiger partial charge < -0.3 is 20.9 Å². The standard InChI is InChI=1S/C16H20FN7O2/c1-2-22-6-8-23(9-7-22)16-20-14(18)13(24(25)26)15(21-16)19-12-5-3-4-11(17)10-12/h3-5,10H,2,6-9H2,1H3,(H3,18,19,20,21). The first-order chi connectivity index (χ1) is 12.5. The number of anilines is 4. The third-order valence-corrected chi connectivity index (χ3v) is 4.27. The molecule has 2 aromatic rings. The molecule has 1 aliphatic heterocycles. The molecule has 0 unspecified atom stereocenters. The van der Waals surface area contributed by atoms with Crippen molar-refractivity contribution in [3.8, 4) is 0 Å². The predicted molar refractivity (Wildman–Crippen MR) is 97.1 cm³/mol. The molecule has 0 aliphatic carbocycles. The van der Waals surface area contributed by atoms with E-state index in [4.69, 9.17) is 5.73 Å². The lowest BCUT2D eigenvalue weighted by atomic mass is 10.3. The van der Waals surface area contributed by atoms with Crippen LogP contribution in [0, 0.1) is 15.9 Å². The Balaban J connectivity index is 1.93. The SMILES string of the molecule is CCN1CCN(c2nc(N)c([N+](=O)[O-])c(Nc3cccc(F)c3)n2)CC1. The van der Waals surface area contributed by atoms with Gasteiger partial charge in [-0.2, -0.15) is 9.97 Å². The van der Waals surface area contributed by atoms with Gasteiger partial charge in [0, 0.05) is 31.9 Å². The summed E-state index contributed by atoms with van der Waals surface area (Å²) in [6, 6.07) is 5.60.